The highest BCUT2D eigenvalue weighted by molar-refractivity contribution is 7.81. The largest absolute Gasteiger partial charge is 0.490 e. The summed E-state index contributed by atoms with van der Waals surface area (Å²) in [6, 6.07) is -2.18. The summed E-state index contributed by atoms with van der Waals surface area (Å²) in [6.07, 6.45) is -0.685. The van der Waals surface area contributed by atoms with Crippen molar-refractivity contribution in [3.8, 4) is 0 Å². The van der Waals surface area contributed by atoms with Crippen LogP contribution in [0, 0.1) is 5.41 Å². The number of carbonyl (C=O) groups excluding carboxylic acids is 3. The first-order valence-corrected chi connectivity index (χ1v) is 14.1. The number of hydrogen-bond acceptors (Lipinski definition) is 11. The quantitative estimate of drug-likeness (QED) is 0.134. The van der Waals surface area contributed by atoms with Crippen LogP contribution in [0.25, 0.3) is 0 Å². The van der Waals surface area contributed by atoms with Crippen LogP contribution in [0.15, 0.2) is 0 Å². The molecule has 0 spiro atoms. The van der Waals surface area contributed by atoms with E-state index in [0.29, 0.717) is 17.9 Å². The summed E-state index contributed by atoms with van der Waals surface area (Å²) < 4.78 is 71.5. The van der Waals surface area contributed by atoms with E-state index in [2.05, 4.69) is 12.4 Å². The third-order valence-electron chi connectivity index (χ3n) is 5.78. The minimum absolute atomic E-state index is 0.110. The topological polar surface area (TPSA) is 204 Å². The Labute approximate surface area is 235 Å². The molecule has 2 rings (SSSR count). The standard InChI is InChI=1S/C20H36N4O9S.C2HF3O2/c1-4-5-6-7-11-30-18(26)20(2,3)14-32-34(28,29)33-24-15-8-9-16(23(13-15)19(24)27)17(25)22-31-12-10-21;3-2(4,5)1(6)7/h15-16H,4-14,21H2,1-3H3,(H,22,25);(H,6,7)/t15-,16+;/m1./s1. The van der Waals surface area contributed by atoms with E-state index in [0.717, 1.165) is 25.7 Å². The molecule has 0 aromatic rings. The van der Waals surface area contributed by atoms with Crippen molar-refractivity contribution < 1.29 is 63.9 Å². The minimum atomic E-state index is -5.08. The molecule has 15 nitrogen and oxygen atoms in total. The van der Waals surface area contributed by atoms with E-state index in [1.165, 1.54) is 18.7 Å². The summed E-state index contributed by atoms with van der Waals surface area (Å²) >= 11 is 0. The molecule has 2 aliphatic heterocycles. The smallest absolute Gasteiger partial charge is 0.475 e. The molecule has 2 fully saturated rings. The van der Waals surface area contributed by atoms with E-state index < -0.39 is 64.6 Å². The van der Waals surface area contributed by atoms with Crippen LogP contribution in [0.4, 0.5) is 18.0 Å². The van der Waals surface area contributed by atoms with Gasteiger partial charge < -0.3 is 20.5 Å². The molecule has 3 amide bonds. The zero-order valence-corrected chi connectivity index (χ0v) is 23.8. The van der Waals surface area contributed by atoms with Gasteiger partial charge in [0.15, 0.2) is 0 Å². The maximum atomic E-state index is 12.7. The van der Waals surface area contributed by atoms with Gasteiger partial charge in [0, 0.05) is 13.1 Å². The number of nitrogens with zero attached hydrogens (tertiary/aromatic N) is 2. The normalized spacial score (nSPS) is 19.0. The number of unbranched alkanes of at least 4 members (excludes halogenated alkanes) is 3. The third-order valence-corrected chi connectivity index (χ3v) is 6.53. The van der Waals surface area contributed by atoms with Gasteiger partial charge in [-0.05, 0) is 33.1 Å². The average Bonchev–Trinajstić information content (AvgIpc) is 3.11. The molecule has 2 heterocycles. The molecular formula is C22H37F3N4O11S. The summed E-state index contributed by atoms with van der Waals surface area (Å²) in [5.41, 5.74) is 6.28. The maximum Gasteiger partial charge on any atom is 0.490 e. The Balaban J connectivity index is 0.00000106. The number of urea groups is 1. The van der Waals surface area contributed by atoms with Crippen LogP contribution >= 0.6 is 0 Å². The highest BCUT2D eigenvalue weighted by Gasteiger charge is 2.50. The summed E-state index contributed by atoms with van der Waals surface area (Å²) in [5, 5.41) is 7.82. The van der Waals surface area contributed by atoms with Crippen LogP contribution < -0.4 is 11.2 Å². The van der Waals surface area contributed by atoms with Gasteiger partial charge >= 0.3 is 34.5 Å². The van der Waals surface area contributed by atoms with Gasteiger partial charge in [-0.1, -0.05) is 26.2 Å². The SMILES string of the molecule is CCCCCCOC(=O)C(C)(C)COS(=O)(=O)ON1C(=O)N2C[C@H]1CC[C@H]2C(=O)NOCCN.O=C(O)C(F)(F)F. The van der Waals surface area contributed by atoms with Gasteiger partial charge in [-0.15, -0.1) is 4.28 Å². The number of carboxylic acid groups (broad SMARTS) is 1. The van der Waals surface area contributed by atoms with Crippen molar-refractivity contribution in [1.29, 1.82) is 0 Å². The van der Waals surface area contributed by atoms with Crippen molar-refractivity contribution in [2.24, 2.45) is 11.1 Å². The molecule has 238 valence electrons. The molecule has 2 aliphatic rings. The van der Waals surface area contributed by atoms with Crippen LogP contribution in [0.1, 0.15) is 59.3 Å². The fourth-order valence-corrected chi connectivity index (χ4v) is 4.40. The number of esters is 1. The molecule has 0 saturated carbocycles. The maximum absolute atomic E-state index is 12.7. The molecule has 0 aromatic carbocycles. The number of nitrogens with one attached hydrogen (secondary N) is 1. The summed E-state index contributed by atoms with van der Waals surface area (Å²) in [6.45, 7) is 5.22. The van der Waals surface area contributed by atoms with Crippen molar-refractivity contribution in [3.05, 3.63) is 0 Å². The number of hydroxylamine groups is 3. The lowest BCUT2D eigenvalue weighted by molar-refractivity contribution is -0.192. The van der Waals surface area contributed by atoms with Crippen LogP contribution in [-0.2, 0) is 42.8 Å². The predicted molar refractivity (Wildman–Crippen MR) is 132 cm³/mol. The van der Waals surface area contributed by atoms with Crippen LogP contribution in [-0.4, -0.2) is 98.5 Å². The van der Waals surface area contributed by atoms with Crippen molar-refractivity contribution in [3.63, 3.8) is 0 Å². The second-order valence-electron chi connectivity index (χ2n) is 9.74. The summed E-state index contributed by atoms with van der Waals surface area (Å²) in [4.78, 5) is 52.3. The Morgan fingerprint density at radius 2 is 1.76 bits per heavy atom. The highest BCUT2D eigenvalue weighted by atomic mass is 32.3. The number of carbonyl (C=O) groups is 4. The number of piperidine rings is 1. The van der Waals surface area contributed by atoms with E-state index in [1.807, 2.05) is 0 Å². The fourth-order valence-electron chi connectivity index (χ4n) is 3.54. The molecule has 2 bridgehead atoms. The van der Waals surface area contributed by atoms with Gasteiger partial charge in [-0.2, -0.15) is 26.7 Å². The Morgan fingerprint density at radius 1 is 1.12 bits per heavy atom. The van der Waals surface area contributed by atoms with E-state index in [1.54, 1.807) is 0 Å². The fraction of sp³-hybridized carbons (Fsp3) is 0.818. The van der Waals surface area contributed by atoms with E-state index in [4.69, 9.17) is 33.7 Å². The van der Waals surface area contributed by atoms with E-state index in [-0.39, 0.29) is 26.3 Å². The lowest BCUT2D eigenvalue weighted by Gasteiger charge is -2.28. The van der Waals surface area contributed by atoms with Crippen molar-refractivity contribution in [1.82, 2.24) is 15.4 Å². The van der Waals surface area contributed by atoms with Crippen molar-refractivity contribution in [2.45, 2.75) is 77.6 Å². The average molecular weight is 623 g/mol. The number of alkyl halides is 3. The molecule has 19 heteroatoms. The molecule has 0 aliphatic carbocycles. The Hall–Kier alpha value is -2.74. The second-order valence-corrected chi connectivity index (χ2v) is 10.9. The number of amides is 3. The lowest BCUT2D eigenvalue weighted by atomic mass is 9.95. The van der Waals surface area contributed by atoms with Gasteiger partial charge in [0.05, 0.1) is 31.3 Å². The van der Waals surface area contributed by atoms with Gasteiger partial charge in [0.1, 0.15) is 6.04 Å². The third kappa shape index (κ3) is 12.0. The number of nitrogens with two attached hydrogens (primary N) is 1. The molecule has 2 atom stereocenters. The van der Waals surface area contributed by atoms with Gasteiger partial charge in [-0.3, -0.25) is 14.4 Å². The lowest BCUT2D eigenvalue weighted by Crippen LogP contribution is -2.50. The predicted octanol–water partition coefficient (Wildman–Crippen LogP) is 1.24. The first-order valence-electron chi connectivity index (χ1n) is 12.7. The van der Waals surface area contributed by atoms with Gasteiger partial charge in [0.2, 0.25) is 0 Å². The number of fused-ring (bicyclic) bond motifs is 2. The zero-order chi connectivity index (χ0) is 31.4. The number of aliphatic carboxylic acids is 1. The molecule has 0 radical (unpaired) electrons. The highest BCUT2D eigenvalue weighted by Crippen LogP contribution is 2.31. The molecule has 41 heavy (non-hydrogen) atoms. The van der Waals surface area contributed by atoms with E-state index in [9.17, 15) is 36.0 Å². The number of hydrogen-bond donors (Lipinski definition) is 3. The molecular weight excluding hydrogens is 585 g/mol. The van der Waals surface area contributed by atoms with Crippen LogP contribution in [0.5, 0.6) is 0 Å². The summed E-state index contributed by atoms with van der Waals surface area (Å²) in [5.74, 6) is -3.88. The van der Waals surface area contributed by atoms with Crippen LogP contribution in [0.3, 0.4) is 0 Å². The summed E-state index contributed by atoms with van der Waals surface area (Å²) in [7, 11) is -4.66. The Bertz CT molecular complexity index is 1010. The van der Waals surface area contributed by atoms with Crippen molar-refractivity contribution >= 4 is 34.3 Å². The first kappa shape index (κ1) is 36.3. The molecule has 4 N–H and O–H groups in total. The zero-order valence-electron chi connectivity index (χ0n) is 23.0. The number of rotatable bonds is 15. The number of halogens is 3. The Morgan fingerprint density at radius 3 is 2.32 bits per heavy atom. The van der Waals surface area contributed by atoms with E-state index >= 15 is 0 Å². The van der Waals surface area contributed by atoms with Crippen LogP contribution in [0.2, 0.25) is 0 Å². The first-order chi connectivity index (χ1) is 19.0. The van der Waals surface area contributed by atoms with Crippen molar-refractivity contribution in [2.75, 3.05) is 32.9 Å². The monoisotopic (exact) mass is 622 g/mol. The minimum Gasteiger partial charge on any atom is -0.475 e. The second kappa shape index (κ2) is 16.0. The number of ether oxygens (including phenoxy) is 1. The van der Waals surface area contributed by atoms with Gasteiger partial charge in [-0.25, -0.2) is 19.3 Å². The Kier molecular flexibility index (Phi) is 14.2. The molecule has 0 aromatic heterocycles. The van der Waals surface area contributed by atoms with Gasteiger partial charge in [0.25, 0.3) is 5.91 Å². The molecule has 2 saturated heterocycles. The number of carboxylic acids is 1. The molecule has 0 unspecified atom stereocenters.